The average Bonchev–Trinajstić information content (AvgIpc) is 3.40. The van der Waals surface area contributed by atoms with Crippen molar-refractivity contribution in [2.24, 2.45) is 0 Å². The Morgan fingerprint density at radius 3 is 2.62 bits per heavy atom. The molecule has 8 nitrogen and oxygen atoms in total. The van der Waals surface area contributed by atoms with Gasteiger partial charge in [0.15, 0.2) is 0 Å². The van der Waals surface area contributed by atoms with Crippen LogP contribution in [0.2, 0.25) is 0 Å². The number of hydrogen-bond donors (Lipinski definition) is 3. The van der Waals surface area contributed by atoms with Gasteiger partial charge >= 0.3 is 0 Å². The molecule has 2 atom stereocenters. The first-order valence-corrected chi connectivity index (χ1v) is 10.3. The van der Waals surface area contributed by atoms with Gasteiger partial charge in [-0.15, -0.1) is 0 Å². The molecule has 1 aromatic carbocycles. The molecule has 8 heteroatoms. The summed E-state index contributed by atoms with van der Waals surface area (Å²) in [6.45, 7) is 1.66. The lowest BCUT2D eigenvalue weighted by molar-refractivity contribution is -0.136. The van der Waals surface area contributed by atoms with Gasteiger partial charge in [0.2, 0.25) is 11.8 Å². The molecule has 29 heavy (non-hydrogen) atoms. The number of rotatable bonds is 4. The molecule has 1 saturated carbocycles. The van der Waals surface area contributed by atoms with Crippen LogP contribution in [0, 0.1) is 0 Å². The van der Waals surface area contributed by atoms with Crippen LogP contribution >= 0.6 is 0 Å². The number of piperidine rings is 2. The van der Waals surface area contributed by atoms with Gasteiger partial charge in [0.05, 0.1) is 11.1 Å². The van der Waals surface area contributed by atoms with Gasteiger partial charge in [0.1, 0.15) is 6.04 Å². The lowest BCUT2D eigenvalue weighted by Gasteiger charge is -2.31. The van der Waals surface area contributed by atoms with E-state index in [4.69, 9.17) is 0 Å². The fraction of sp³-hybridized carbons (Fsp3) is 0.524. The number of carbonyl (C=O) groups is 4. The molecule has 2 saturated heterocycles. The molecule has 1 aromatic rings. The molecular formula is C21H24N4O4. The van der Waals surface area contributed by atoms with E-state index in [1.807, 2.05) is 6.07 Å². The molecule has 1 aliphatic carbocycles. The van der Waals surface area contributed by atoms with Crippen molar-refractivity contribution in [1.82, 2.24) is 20.9 Å². The highest BCUT2D eigenvalue weighted by Gasteiger charge is 2.46. The van der Waals surface area contributed by atoms with E-state index in [9.17, 15) is 19.2 Å². The Kier molecular flexibility index (Phi) is 4.29. The highest BCUT2D eigenvalue weighted by molar-refractivity contribution is 6.23. The zero-order valence-electron chi connectivity index (χ0n) is 16.1. The standard InChI is InChI=1S/C21H24N4O4/c26-17-4-3-16(18(27)24-17)25-19(28)14-2-1-12(9-15(14)20(25)29)11-22-13-5-8-23-21(10-13)6-7-21/h1-2,9,13,16,22-23H,3-8,10-11H2,(H,24,26,27). The van der Waals surface area contributed by atoms with E-state index < -0.39 is 23.8 Å². The van der Waals surface area contributed by atoms with Crippen LogP contribution in [0.1, 0.15) is 64.8 Å². The van der Waals surface area contributed by atoms with E-state index in [2.05, 4.69) is 16.0 Å². The summed E-state index contributed by atoms with van der Waals surface area (Å²) in [5, 5.41) is 9.40. The summed E-state index contributed by atoms with van der Waals surface area (Å²) < 4.78 is 0. The number of fused-ring (bicyclic) bond motifs is 1. The summed E-state index contributed by atoms with van der Waals surface area (Å²) >= 11 is 0. The van der Waals surface area contributed by atoms with Gasteiger partial charge in [0, 0.05) is 24.5 Å². The molecule has 4 aliphatic rings. The quantitative estimate of drug-likeness (QED) is 0.639. The number of nitrogens with zero attached hydrogens (tertiary/aromatic N) is 1. The van der Waals surface area contributed by atoms with Crippen molar-refractivity contribution in [3.63, 3.8) is 0 Å². The van der Waals surface area contributed by atoms with Crippen LogP contribution in [0.4, 0.5) is 0 Å². The van der Waals surface area contributed by atoms with Crippen LogP contribution < -0.4 is 16.0 Å². The van der Waals surface area contributed by atoms with E-state index in [0.717, 1.165) is 29.8 Å². The fourth-order valence-electron chi connectivity index (χ4n) is 4.75. The first-order valence-electron chi connectivity index (χ1n) is 10.3. The predicted molar refractivity (Wildman–Crippen MR) is 103 cm³/mol. The smallest absolute Gasteiger partial charge is 0.262 e. The molecule has 3 N–H and O–H groups in total. The first-order chi connectivity index (χ1) is 14.0. The summed E-state index contributed by atoms with van der Waals surface area (Å²) in [7, 11) is 0. The second-order valence-corrected chi connectivity index (χ2v) is 8.60. The van der Waals surface area contributed by atoms with Crippen LogP contribution in [-0.4, -0.2) is 52.7 Å². The molecule has 3 fully saturated rings. The van der Waals surface area contributed by atoms with Crippen molar-refractivity contribution in [2.45, 2.75) is 62.7 Å². The Balaban J connectivity index is 1.29. The Morgan fingerprint density at radius 1 is 1.07 bits per heavy atom. The van der Waals surface area contributed by atoms with E-state index in [-0.39, 0.29) is 18.7 Å². The minimum Gasteiger partial charge on any atom is -0.311 e. The maximum atomic E-state index is 12.9. The van der Waals surface area contributed by atoms with E-state index in [0.29, 0.717) is 29.3 Å². The van der Waals surface area contributed by atoms with Crippen LogP contribution in [0.15, 0.2) is 18.2 Å². The van der Waals surface area contributed by atoms with E-state index >= 15 is 0 Å². The Hall–Kier alpha value is -2.58. The number of amides is 4. The summed E-state index contributed by atoms with van der Waals surface area (Å²) in [5.74, 6) is -1.88. The van der Waals surface area contributed by atoms with Crippen molar-refractivity contribution in [3.05, 3.63) is 34.9 Å². The minimum atomic E-state index is -0.925. The molecule has 0 bridgehead atoms. The van der Waals surface area contributed by atoms with E-state index in [1.54, 1.807) is 12.1 Å². The molecule has 0 aromatic heterocycles. The summed E-state index contributed by atoms with van der Waals surface area (Å²) in [5.41, 5.74) is 1.95. The molecule has 1 spiro atoms. The highest BCUT2D eigenvalue weighted by Crippen LogP contribution is 2.42. The Labute approximate surface area is 168 Å². The first kappa shape index (κ1) is 18.4. The summed E-state index contributed by atoms with van der Waals surface area (Å²) in [6.07, 6.45) is 4.98. The van der Waals surface area contributed by atoms with Gasteiger partial charge in [-0.25, -0.2) is 0 Å². The normalized spacial score (nSPS) is 27.9. The Morgan fingerprint density at radius 2 is 1.86 bits per heavy atom. The van der Waals surface area contributed by atoms with Crippen LogP contribution in [0.3, 0.4) is 0 Å². The van der Waals surface area contributed by atoms with Gasteiger partial charge in [-0.05, 0) is 56.3 Å². The number of carbonyl (C=O) groups excluding carboxylic acids is 4. The van der Waals surface area contributed by atoms with Crippen molar-refractivity contribution < 1.29 is 19.2 Å². The largest absolute Gasteiger partial charge is 0.311 e. The molecule has 4 amide bonds. The van der Waals surface area contributed by atoms with Crippen LogP contribution in [-0.2, 0) is 16.1 Å². The number of benzene rings is 1. The van der Waals surface area contributed by atoms with Crippen LogP contribution in [0.25, 0.3) is 0 Å². The molecule has 5 rings (SSSR count). The van der Waals surface area contributed by atoms with Gasteiger partial charge < -0.3 is 10.6 Å². The fourth-order valence-corrected chi connectivity index (χ4v) is 4.75. The van der Waals surface area contributed by atoms with E-state index in [1.165, 1.54) is 12.8 Å². The van der Waals surface area contributed by atoms with Gasteiger partial charge in [-0.3, -0.25) is 29.4 Å². The summed E-state index contributed by atoms with van der Waals surface area (Å²) in [6, 6.07) is 4.81. The average molecular weight is 396 g/mol. The van der Waals surface area contributed by atoms with Crippen molar-refractivity contribution in [2.75, 3.05) is 6.54 Å². The molecule has 0 radical (unpaired) electrons. The Bertz CT molecular complexity index is 923. The monoisotopic (exact) mass is 396 g/mol. The maximum absolute atomic E-state index is 12.9. The number of nitrogens with one attached hydrogen (secondary N) is 3. The topological polar surface area (TPSA) is 108 Å². The molecule has 152 valence electrons. The van der Waals surface area contributed by atoms with Crippen LogP contribution in [0.5, 0.6) is 0 Å². The third-order valence-corrected chi connectivity index (χ3v) is 6.58. The molecule has 3 aliphatic heterocycles. The lowest BCUT2D eigenvalue weighted by Crippen LogP contribution is -2.54. The molecule has 2 unspecified atom stereocenters. The zero-order chi connectivity index (χ0) is 20.2. The predicted octanol–water partition coefficient (Wildman–Crippen LogP) is 0.462. The zero-order valence-corrected chi connectivity index (χ0v) is 16.1. The second kappa shape index (κ2) is 6.74. The van der Waals surface area contributed by atoms with Crippen molar-refractivity contribution >= 4 is 23.6 Å². The summed E-state index contributed by atoms with van der Waals surface area (Å²) in [4.78, 5) is 50.2. The molecule has 3 heterocycles. The number of hydrogen-bond acceptors (Lipinski definition) is 6. The highest BCUT2D eigenvalue weighted by atomic mass is 16.2. The third-order valence-electron chi connectivity index (χ3n) is 6.58. The molecular weight excluding hydrogens is 372 g/mol. The van der Waals surface area contributed by atoms with Crippen molar-refractivity contribution in [3.8, 4) is 0 Å². The van der Waals surface area contributed by atoms with Gasteiger partial charge in [0.25, 0.3) is 11.8 Å². The minimum absolute atomic E-state index is 0.122. The van der Waals surface area contributed by atoms with Gasteiger partial charge in [-0.1, -0.05) is 6.07 Å². The van der Waals surface area contributed by atoms with Gasteiger partial charge in [-0.2, -0.15) is 0 Å². The second-order valence-electron chi connectivity index (χ2n) is 8.60. The third kappa shape index (κ3) is 3.26. The maximum Gasteiger partial charge on any atom is 0.262 e. The van der Waals surface area contributed by atoms with Crippen molar-refractivity contribution in [1.29, 1.82) is 0 Å². The number of imide groups is 2. The SMILES string of the molecule is O=C1CCC(N2C(=O)c3ccc(CNC4CCNC5(CC5)C4)cc3C2=O)C(=O)N1. The lowest BCUT2D eigenvalue weighted by atomic mass is 9.97.